The normalized spacial score (nSPS) is 8.65. The van der Waals surface area contributed by atoms with Crippen molar-refractivity contribution in [3.05, 3.63) is 0 Å². The number of rotatable bonds is 10. The number of hydrogen-bond acceptors (Lipinski definition) is 10. The zero-order valence-electron chi connectivity index (χ0n) is 29.0. The zero-order valence-corrected chi connectivity index (χ0v) is 35.2. The molecule has 0 fully saturated rings. The summed E-state index contributed by atoms with van der Waals surface area (Å²) >= 11 is 34.1. The molecule has 0 atom stereocenters. The van der Waals surface area contributed by atoms with Crippen molar-refractivity contribution in [3.63, 3.8) is 0 Å². The van der Waals surface area contributed by atoms with Gasteiger partial charge in [0.05, 0.1) is 0 Å². The Morgan fingerprint density at radius 1 is 0.605 bits per heavy atom. The van der Waals surface area contributed by atoms with Crippen molar-refractivity contribution in [2.24, 2.45) is 0 Å². The molecule has 0 heterocycles. The number of hydrogen-bond donors (Lipinski definition) is 2. The van der Waals surface area contributed by atoms with Gasteiger partial charge in [0.15, 0.2) is 0 Å². The molecule has 0 amide bonds. The van der Waals surface area contributed by atoms with E-state index in [0.717, 1.165) is 78.4 Å². The summed E-state index contributed by atoms with van der Waals surface area (Å²) in [5.74, 6) is 0. The van der Waals surface area contributed by atoms with Crippen molar-refractivity contribution in [2.75, 3.05) is 71.7 Å². The van der Waals surface area contributed by atoms with Crippen LogP contribution in [0.15, 0.2) is 0 Å². The van der Waals surface area contributed by atoms with Crippen LogP contribution in [0.2, 0.25) is 0 Å². The number of thiol groups is 1. The average Bonchev–Trinajstić information content (AvgIpc) is 3.01. The topological polar surface area (TPSA) is 25.0 Å². The van der Waals surface area contributed by atoms with Gasteiger partial charge in [0, 0.05) is 59.6 Å². The number of thiocarbonyl (C=S) groups is 6. The average molecular weight is 795 g/mol. The summed E-state index contributed by atoms with van der Waals surface area (Å²) in [6, 6.07) is 0. The highest BCUT2D eigenvalue weighted by Crippen LogP contribution is 2.28. The second kappa shape index (κ2) is 47.5. The molecule has 5 nitrogen and oxygen atoms in total. The fourth-order valence-electron chi connectivity index (χ4n) is 2.50. The van der Waals surface area contributed by atoms with E-state index in [2.05, 4.69) is 126 Å². The first-order valence-electron chi connectivity index (χ1n) is 14.8. The van der Waals surface area contributed by atoms with Gasteiger partial charge in [0.2, 0.25) is 0 Å². The SMILES string of the molecule is C.C.CCN(CC)C(=S)S.CCN(CC)C(=S)SC.CCN(CC)C(=S)SSC(=S)N(CC)CC.CCNCC.S=C=S.[2H][2H]. The van der Waals surface area contributed by atoms with E-state index in [1.165, 1.54) is 0 Å². The van der Waals surface area contributed by atoms with Crippen LogP contribution in [-0.4, -0.2) is 113 Å². The van der Waals surface area contributed by atoms with Crippen LogP contribution in [0.25, 0.3) is 0 Å². The number of nitrogens with one attached hydrogen (secondary N) is 1. The Balaban J connectivity index is -0.0000000678. The molecule has 0 aliphatic rings. The van der Waals surface area contributed by atoms with Gasteiger partial charge < -0.3 is 24.9 Å². The van der Waals surface area contributed by atoms with Crippen LogP contribution in [-0.2, 0) is 0 Å². The summed E-state index contributed by atoms with van der Waals surface area (Å²) in [6.45, 7) is 31.0. The predicted octanol–water partition coefficient (Wildman–Crippen LogP) is 10.3. The van der Waals surface area contributed by atoms with Crippen LogP contribution in [0.5, 0.6) is 0 Å². The molecule has 0 aliphatic carbocycles. The minimum absolute atomic E-state index is 0. The van der Waals surface area contributed by atoms with Gasteiger partial charge in [-0.3, -0.25) is 0 Å². The number of thioether (sulfide) groups is 1. The van der Waals surface area contributed by atoms with E-state index in [1.807, 2.05) is 15.5 Å². The summed E-state index contributed by atoms with van der Waals surface area (Å²) in [5.41, 5.74) is 0. The zero-order chi connectivity index (χ0) is 35.2. The van der Waals surface area contributed by atoms with Crippen molar-refractivity contribution in [1.29, 1.82) is 0 Å². The van der Waals surface area contributed by atoms with Crippen LogP contribution < -0.4 is 5.32 Å². The first-order valence-corrected chi connectivity index (χ1v) is 20.1. The monoisotopic (exact) mass is 793 g/mol. The third-order valence-corrected chi connectivity index (χ3v) is 10.6. The Morgan fingerprint density at radius 3 is 0.930 bits per heavy atom. The Hall–Kier alpha value is 1.14. The first-order chi connectivity index (χ1) is 20.4. The molecule has 262 valence electrons. The van der Waals surface area contributed by atoms with E-state index < -0.39 is 0 Å². The largest absolute Gasteiger partial charge is 0.358 e. The van der Waals surface area contributed by atoms with Crippen LogP contribution in [0.4, 0.5) is 0 Å². The van der Waals surface area contributed by atoms with Crippen LogP contribution >= 0.6 is 119 Å². The molecule has 0 saturated carbocycles. The summed E-state index contributed by atoms with van der Waals surface area (Å²) in [5, 5.41) is 3.11. The lowest BCUT2D eigenvalue weighted by molar-refractivity contribution is 0.482. The van der Waals surface area contributed by atoms with Gasteiger partial charge >= 0.3 is 0 Å². The van der Waals surface area contributed by atoms with Gasteiger partial charge in [-0.05, 0) is 121 Å². The van der Waals surface area contributed by atoms with Gasteiger partial charge in [0.25, 0.3) is 0 Å². The lowest BCUT2D eigenvalue weighted by Crippen LogP contribution is -2.28. The summed E-state index contributed by atoms with van der Waals surface area (Å²) in [7, 11) is 3.18. The minimum Gasteiger partial charge on any atom is -0.358 e. The summed E-state index contributed by atoms with van der Waals surface area (Å²) in [6.07, 6.45) is 2.01. The van der Waals surface area contributed by atoms with Gasteiger partial charge in [-0.15, -0.1) is 24.4 Å². The Labute approximate surface area is 321 Å². The molecule has 0 radical (unpaired) electrons. The molecule has 0 aromatic rings. The van der Waals surface area contributed by atoms with E-state index in [1.54, 1.807) is 33.3 Å². The van der Waals surface area contributed by atoms with Crippen molar-refractivity contribution in [1.82, 2.24) is 24.9 Å². The van der Waals surface area contributed by atoms with Crippen molar-refractivity contribution < 1.29 is 2.97 Å². The number of nitrogens with zero attached hydrogens (tertiary/aromatic N) is 4. The molecule has 0 unspecified atom stereocenters. The maximum absolute atomic E-state index is 5.34. The summed E-state index contributed by atoms with van der Waals surface area (Å²) < 4.78 is 15.4. The van der Waals surface area contributed by atoms with Gasteiger partial charge in [-0.25, -0.2) is 0 Å². The van der Waals surface area contributed by atoms with E-state index in [9.17, 15) is 0 Å². The maximum atomic E-state index is 5.34. The highest BCUT2D eigenvalue weighted by Gasteiger charge is 2.11. The fraction of sp³-hybridized carbons (Fsp3) is 0.821. The Bertz CT molecular complexity index is 648. The Kier molecular flexibility index (Phi) is 62.4. The first kappa shape index (κ1) is 56.5. The third kappa shape index (κ3) is 41.1. The van der Waals surface area contributed by atoms with Gasteiger partial charge in [-0.1, -0.05) is 77.6 Å². The molecule has 0 aromatic heterocycles. The highest BCUT2D eigenvalue weighted by molar-refractivity contribution is 8.89. The molecule has 15 heteroatoms. The molecule has 0 aromatic carbocycles. The van der Waals surface area contributed by atoms with Gasteiger partial charge in [0.1, 0.15) is 17.3 Å². The van der Waals surface area contributed by atoms with E-state index in [-0.39, 0.29) is 14.9 Å². The lowest BCUT2D eigenvalue weighted by atomic mass is 10.6. The van der Waals surface area contributed by atoms with Crippen molar-refractivity contribution in [2.45, 2.75) is 84.1 Å². The molecular formula is C28H65N5S10. The smallest absolute Gasteiger partial charge is 0.147 e. The second-order valence-corrected chi connectivity index (χ2v) is 13.8. The molecule has 0 bridgehead atoms. The maximum Gasteiger partial charge on any atom is 0.147 e. The molecule has 0 aliphatic heterocycles. The third-order valence-electron chi connectivity index (χ3n) is 4.96. The van der Waals surface area contributed by atoms with Gasteiger partial charge in [-0.2, -0.15) is 0 Å². The van der Waals surface area contributed by atoms with Crippen LogP contribution in [0, 0.1) is 0 Å². The minimum atomic E-state index is 0. The summed E-state index contributed by atoms with van der Waals surface area (Å²) in [4.78, 5) is 8.51. The van der Waals surface area contributed by atoms with E-state index >= 15 is 0 Å². The van der Waals surface area contributed by atoms with Crippen LogP contribution in [0.1, 0.15) is 87.1 Å². The van der Waals surface area contributed by atoms with E-state index in [4.69, 9.17) is 51.8 Å². The van der Waals surface area contributed by atoms with Crippen LogP contribution in [0.3, 0.4) is 0 Å². The fourth-order valence-corrected chi connectivity index (χ4v) is 6.87. The molecule has 43 heavy (non-hydrogen) atoms. The van der Waals surface area contributed by atoms with Crippen molar-refractivity contribution >= 4 is 141 Å². The second-order valence-electron chi connectivity index (χ2n) is 7.18. The molecule has 0 rings (SSSR count). The highest BCUT2D eigenvalue weighted by atomic mass is 33.1. The lowest BCUT2D eigenvalue weighted by Gasteiger charge is -2.23. The molecule has 0 spiro atoms. The quantitative estimate of drug-likeness (QED) is 0.125. The standard InChI is InChI=1S/C10H20N2S4.C6H13NS2.C5H11NS2.C4H11N.CS2.2CH4.H2/c1-5-11(6-2)9(13)15-16-10(14)12(7-3)8-4;1-4-7(5-2)6(8)9-3;1-3-6(4-2)5(7)8;1-3-5-4-2;2-1-3;;;/h5-8H2,1-4H3;4-5H2,1-3H3;3-4H2,1-2H3,(H,7,8);5H,3-4H2,1-2H3;;2*1H4;1H/i;;;;;;;1+1D. The molecule has 1 N–H and O–H groups in total. The molecular weight excluding hydrogens is 727 g/mol. The predicted molar refractivity (Wildman–Crippen MR) is 240 cm³/mol. The van der Waals surface area contributed by atoms with Crippen molar-refractivity contribution in [3.8, 4) is 0 Å². The van der Waals surface area contributed by atoms with E-state index in [0.29, 0.717) is 4.32 Å². The molecule has 0 saturated heterocycles. The Morgan fingerprint density at radius 2 is 0.837 bits per heavy atom.